The topological polar surface area (TPSA) is 62.3 Å². The van der Waals surface area contributed by atoms with E-state index < -0.39 is 0 Å². The number of nitrogens with one attached hydrogen (secondary N) is 1. The van der Waals surface area contributed by atoms with Gasteiger partial charge in [-0.15, -0.1) is 11.3 Å². The lowest BCUT2D eigenvalue weighted by Crippen LogP contribution is -2.38. The third-order valence-electron chi connectivity index (χ3n) is 2.92. The zero-order chi connectivity index (χ0) is 12.4. The van der Waals surface area contributed by atoms with Crippen LogP contribution in [0, 0.1) is 0 Å². The number of hydrogen-bond acceptors (Lipinski definition) is 5. The lowest BCUT2D eigenvalue weighted by atomic mass is 10.1. The number of aromatic nitrogens is 1. The predicted molar refractivity (Wildman–Crippen MR) is 64.7 cm³/mol. The number of likely N-dealkylation sites (tertiary alicyclic amines) is 1. The van der Waals surface area contributed by atoms with Gasteiger partial charge in [0.2, 0.25) is 11.8 Å². The van der Waals surface area contributed by atoms with E-state index in [1.807, 2.05) is 5.38 Å². The Morgan fingerprint density at radius 2 is 2.41 bits per heavy atom. The molecule has 5 nitrogen and oxygen atoms in total. The average Bonchev–Trinajstić information content (AvgIpc) is 2.91. The monoisotopic (exact) mass is 253 g/mol. The Kier molecular flexibility index (Phi) is 3.54. The first-order chi connectivity index (χ1) is 8.09. The standard InChI is InChI=1S/C11H15N3O2S/c1-7(10-12-3-4-17-10)6-13-8-5-9(15)14(2)11(8)16/h3-4,7-8,13H,5-6H2,1-2H3. The first-order valence-corrected chi connectivity index (χ1v) is 6.40. The van der Waals surface area contributed by atoms with E-state index in [9.17, 15) is 9.59 Å². The normalized spacial score (nSPS) is 22.2. The van der Waals surface area contributed by atoms with Crippen LogP contribution < -0.4 is 5.32 Å². The molecule has 6 heteroatoms. The zero-order valence-corrected chi connectivity index (χ0v) is 10.7. The minimum Gasteiger partial charge on any atom is -0.305 e. The summed E-state index contributed by atoms with van der Waals surface area (Å²) < 4.78 is 0. The van der Waals surface area contributed by atoms with Gasteiger partial charge in [-0.05, 0) is 0 Å². The summed E-state index contributed by atoms with van der Waals surface area (Å²) in [5, 5.41) is 6.11. The minimum atomic E-state index is -0.366. The molecule has 0 aliphatic carbocycles. The highest BCUT2D eigenvalue weighted by atomic mass is 32.1. The van der Waals surface area contributed by atoms with Crippen LogP contribution in [0.3, 0.4) is 0 Å². The summed E-state index contributed by atoms with van der Waals surface area (Å²) in [4.78, 5) is 28.4. The lowest BCUT2D eigenvalue weighted by Gasteiger charge is -2.14. The van der Waals surface area contributed by atoms with Crippen molar-refractivity contribution in [1.82, 2.24) is 15.2 Å². The maximum absolute atomic E-state index is 11.6. The van der Waals surface area contributed by atoms with Crippen molar-refractivity contribution < 1.29 is 9.59 Å². The Hall–Kier alpha value is -1.27. The van der Waals surface area contributed by atoms with E-state index in [1.165, 1.54) is 11.9 Å². The molecule has 1 fully saturated rings. The van der Waals surface area contributed by atoms with Crippen LogP contribution in [0.15, 0.2) is 11.6 Å². The first-order valence-electron chi connectivity index (χ1n) is 5.52. The minimum absolute atomic E-state index is 0.116. The molecule has 1 aromatic heterocycles. The fourth-order valence-corrected chi connectivity index (χ4v) is 2.50. The molecule has 1 saturated heterocycles. The Labute approximate surface area is 104 Å². The van der Waals surface area contributed by atoms with Gasteiger partial charge in [-0.2, -0.15) is 0 Å². The number of nitrogens with zero attached hydrogens (tertiary/aromatic N) is 2. The van der Waals surface area contributed by atoms with Crippen LogP contribution in [0.2, 0.25) is 0 Å². The molecule has 1 aliphatic heterocycles. The van der Waals surface area contributed by atoms with Crippen LogP contribution in [0.5, 0.6) is 0 Å². The van der Waals surface area contributed by atoms with Gasteiger partial charge in [-0.1, -0.05) is 6.92 Å². The summed E-state index contributed by atoms with van der Waals surface area (Å²) in [5.41, 5.74) is 0. The van der Waals surface area contributed by atoms with Crippen LogP contribution in [-0.4, -0.2) is 41.3 Å². The van der Waals surface area contributed by atoms with Crippen molar-refractivity contribution in [2.45, 2.75) is 25.3 Å². The zero-order valence-electron chi connectivity index (χ0n) is 9.84. The highest BCUT2D eigenvalue weighted by molar-refractivity contribution is 7.09. The molecule has 1 N–H and O–H groups in total. The number of carbonyl (C=O) groups excluding carboxylic acids is 2. The van der Waals surface area contributed by atoms with Crippen LogP contribution in [0.1, 0.15) is 24.3 Å². The van der Waals surface area contributed by atoms with Gasteiger partial charge in [0.05, 0.1) is 17.5 Å². The molecule has 2 atom stereocenters. The number of carbonyl (C=O) groups is 2. The molecule has 92 valence electrons. The van der Waals surface area contributed by atoms with Crippen molar-refractivity contribution in [3.8, 4) is 0 Å². The third-order valence-corrected chi connectivity index (χ3v) is 3.93. The molecule has 0 spiro atoms. The third kappa shape index (κ3) is 2.53. The Balaban J connectivity index is 1.87. The molecule has 2 amide bonds. The van der Waals surface area contributed by atoms with Crippen LogP contribution in [0.25, 0.3) is 0 Å². The van der Waals surface area contributed by atoms with Crippen molar-refractivity contribution in [3.63, 3.8) is 0 Å². The SMILES string of the molecule is CC(CNC1CC(=O)N(C)C1=O)c1nccs1. The molecule has 1 aliphatic rings. The molecule has 2 unspecified atom stereocenters. The van der Waals surface area contributed by atoms with Crippen LogP contribution >= 0.6 is 11.3 Å². The number of likely N-dealkylation sites (N-methyl/N-ethyl adjacent to an activating group) is 1. The van der Waals surface area contributed by atoms with E-state index in [0.717, 1.165) is 5.01 Å². The van der Waals surface area contributed by atoms with E-state index in [1.54, 1.807) is 17.5 Å². The number of imide groups is 1. The van der Waals surface area contributed by atoms with Gasteiger partial charge in [0.1, 0.15) is 0 Å². The highest BCUT2D eigenvalue weighted by Gasteiger charge is 2.35. The smallest absolute Gasteiger partial charge is 0.246 e. The number of hydrogen-bond donors (Lipinski definition) is 1. The maximum Gasteiger partial charge on any atom is 0.246 e. The Morgan fingerprint density at radius 3 is 2.94 bits per heavy atom. The molecule has 17 heavy (non-hydrogen) atoms. The van der Waals surface area contributed by atoms with Gasteiger partial charge in [0.25, 0.3) is 0 Å². The second-order valence-corrected chi connectivity index (χ2v) is 5.15. The number of thiazole rings is 1. The van der Waals surface area contributed by atoms with E-state index in [2.05, 4.69) is 17.2 Å². The number of rotatable bonds is 4. The molecular formula is C11H15N3O2S. The molecule has 0 aromatic carbocycles. The molecule has 1 aromatic rings. The fourth-order valence-electron chi connectivity index (χ4n) is 1.80. The first kappa shape index (κ1) is 12.2. The van der Waals surface area contributed by atoms with E-state index in [4.69, 9.17) is 0 Å². The summed E-state index contributed by atoms with van der Waals surface area (Å²) in [5.74, 6) is -0.000418. The maximum atomic E-state index is 11.6. The van der Waals surface area contributed by atoms with Gasteiger partial charge in [-0.3, -0.25) is 14.5 Å². The quantitative estimate of drug-likeness (QED) is 0.798. The second kappa shape index (κ2) is 4.93. The van der Waals surface area contributed by atoms with Crippen LogP contribution in [0.4, 0.5) is 0 Å². The molecule has 0 saturated carbocycles. The number of amides is 2. The Bertz CT molecular complexity index is 418. The van der Waals surface area contributed by atoms with Gasteiger partial charge in [-0.25, -0.2) is 4.98 Å². The molecular weight excluding hydrogens is 238 g/mol. The average molecular weight is 253 g/mol. The molecule has 2 rings (SSSR count). The largest absolute Gasteiger partial charge is 0.305 e. The van der Waals surface area contributed by atoms with E-state index >= 15 is 0 Å². The molecule has 2 heterocycles. The van der Waals surface area contributed by atoms with Gasteiger partial charge in [0.15, 0.2) is 0 Å². The highest BCUT2D eigenvalue weighted by Crippen LogP contribution is 2.18. The van der Waals surface area contributed by atoms with Crippen molar-refractivity contribution in [2.24, 2.45) is 0 Å². The second-order valence-electron chi connectivity index (χ2n) is 4.23. The molecule has 0 radical (unpaired) electrons. The summed E-state index contributed by atoms with van der Waals surface area (Å²) >= 11 is 1.60. The summed E-state index contributed by atoms with van der Waals surface area (Å²) in [6.45, 7) is 2.71. The Morgan fingerprint density at radius 1 is 1.65 bits per heavy atom. The van der Waals surface area contributed by atoms with Gasteiger partial charge in [0, 0.05) is 31.1 Å². The predicted octanol–water partition coefficient (Wildman–Crippen LogP) is 0.594. The lowest BCUT2D eigenvalue weighted by molar-refractivity contribution is -0.137. The van der Waals surface area contributed by atoms with Crippen molar-refractivity contribution in [1.29, 1.82) is 0 Å². The van der Waals surface area contributed by atoms with E-state index in [0.29, 0.717) is 6.54 Å². The van der Waals surface area contributed by atoms with Crippen molar-refractivity contribution in [3.05, 3.63) is 16.6 Å². The van der Waals surface area contributed by atoms with Crippen molar-refractivity contribution in [2.75, 3.05) is 13.6 Å². The fraction of sp³-hybridized carbons (Fsp3) is 0.545. The van der Waals surface area contributed by atoms with E-state index in [-0.39, 0.29) is 30.2 Å². The van der Waals surface area contributed by atoms with Gasteiger partial charge < -0.3 is 5.32 Å². The van der Waals surface area contributed by atoms with Crippen LogP contribution in [-0.2, 0) is 9.59 Å². The van der Waals surface area contributed by atoms with Gasteiger partial charge >= 0.3 is 0 Å². The summed E-state index contributed by atoms with van der Waals surface area (Å²) in [6, 6.07) is -0.366. The summed E-state index contributed by atoms with van der Waals surface area (Å²) in [6.07, 6.45) is 2.04. The van der Waals surface area contributed by atoms with Crippen molar-refractivity contribution >= 4 is 23.2 Å². The molecule has 0 bridgehead atoms. The summed E-state index contributed by atoms with van der Waals surface area (Å²) in [7, 11) is 1.52.